The van der Waals surface area contributed by atoms with E-state index in [4.69, 9.17) is 19.9 Å². The van der Waals surface area contributed by atoms with Crippen LogP contribution in [0.3, 0.4) is 0 Å². The molecule has 0 bridgehead atoms. The maximum atomic E-state index is 12.1. The van der Waals surface area contributed by atoms with E-state index in [9.17, 15) is 4.79 Å². The van der Waals surface area contributed by atoms with Gasteiger partial charge in [-0.05, 0) is 44.9 Å². The number of nitrogens with two attached hydrogens (primary N) is 1. The molecule has 2 N–H and O–H groups in total. The van der Waals surface area contributed by atoms with Crippen LogP contribution in [0, 0.1) is 0 Å². The summed E-state index contributed by atoms with van der Waals surface area (Å²) in [6.07, 6.45) is 0.534. The molecule has 0 aromatic heterocycles. The van der Waals surface area contributed by atoms with Crippen molar-refractivity contribution in [3.05, 3.63) is 34.3 Å². The Labute approximate surface area is 152 Å². The Balaban J connectivity index is 0.000000198. The molecule has 3 atom stereocenters. The van der Waals surface area contributed by atoms with Crippen molar-refractivity contribution >= 4 is 21.7 Å². The first kappa shape index (κ1) is 19.5. The number of benzene rings is 1. The number of ketones is 1. The minimum absolute atomic E-state index is 0.0953. The maximum Gasteiger partial charge on any atom is 0.203 e. The highest BCUT2D eigenvalue weighted by atomic mass is 79.9. The van der Waals surface area contributed by atoms with Gasteiger partial charge in [0.25, 0.3) is 0 Å². The lowest BCUT2D eigenvalue weighted by Crippen LogP contribution is -2.49. The molecule has 3 unspecified atom stereocenters. The van der Waals surface area contributed by atoms with Crippen molar-refractivity contribution in [1.29, 1.82) is 0 Å². The summed E-state index contributed by atoms with van der Waals surface area (Å²) in [5.74, 6) is -0.0953. The van der Waals surface area contributed by atoms with Gasteiger partial charge >= 0.3 is 0 Å². The Morgan fingerprint density at radius 3 is 2.38 bits per heavy atom. The summed E-state index contributed by atoms with van der Waals surface area (Å²) >= 11 is 3.40. The second-order valence-electron chi connectivity index (χ2n) is 6.86. The highest BCUT2D eigenvalue weighted by Crippen LogP contribution is 2.54. The Morgan fingerprint density at radius 1 is 1.33 bits per heavy atom. The molecule has 1 spiro atoms. The van der Waals surface area contributed by atoms with Crippen molar-refractivity contribution < 1.29 is 19.0 Å². The number of aryl methyl sites for hydroxylation is 1. The molecule has 24 heavy (non-hydrogen) atoms. The molecule has 3 rings (SSSR count). The summed E-state index contributed by atoms with van der Waals surface area (Å²) in [4.78, 5) is 12.1. The SMILES string of the molecule is CCc1cccc(Br)c1.COCC1(C)OC(C)(C)C(=O)C12OC2N. The van der Waals surface area contributed by atoms with E-state index in [1.54, 1.807) is 27.9 Å². The molecule has 2 aliphatic heterocycles. The van der Waals surface area contributed by atoms with Gasteiger partial charge in [0.2, 0.25) is 11.4 Å². The number of carbonyl (C=O) groups excluding carboxylic acids is 1. The highest BCUT2D eigenvalue weighted by Gasteiger charge is 2.79. The largest absolute Gasteiger partial charge is 0.382 e. The summed E-state index contributed by atoms with van der Waals surface area (Å²) in [6.45, 7) is 7.70. The van der Waals surface area contributed by atoms with Crippen molar-refractivity contribution in [2.75, 3.05) is 13.7 Å². The van der Waals surface area contributed by atoms with E-state index in [1.165, 1.54) is 10.0 Å². The molecule has 2 heterocycles. The Morgan fingerprint density at radius 2 is 1.96 bits per heavy atom. The second-order valence-corrected chi connectivity index (χ2v) is 7.78. The van der Waals surface area contributed by atoms with Gasteiger partial charge in [0.15, 0.2) is 0 Å². The van der Waals surface area contributed by atoms with E-state index in [0.717, 1.165) is 6.42 Å². The predicted octanol–water partition coefficient (Wildman–Crippen LogP) is 2.83. The van der Waals surface area contributed by atoms with Crippen molar-refractivity contribution in [2.24, 2.45) is 5.73 Å². The van der Waals surface area contributed by atoms with Crippen LogP contribution in [0.2, 0.25) is 0 Å². The molecule has 1 aromatic rings. The van der Waals surface area contributed by atoms with E-state index >= 15 is 0 Å². The molecule has 0 aliphatic carbocycles. The van der Waals surface area contributed by atoms with Crippen molar-refractivity contribution in [3.63, 3.8) is 0 Å². The number of ether oxygens (including phenoxy) is 3. The zero-order valence-corrected chi connectivity index (χ0v) is 16.5. The van der Waals surface area contributed by atoms with Crippen LogP contribution in [-0.2, 0) is 25.4 Å². The number of rotatable bonds is 3. The highest BCUT2D eigenvalue weighted by molar-refractivity contribution is 9.10. The van der Waals surface area contributed by atoms with Gasteiger partial charge in [0, 0.05) is 11.6 Å². The lowest BCUT2D eigenvalue weighted by atomic mass is 9.84. The molecule has 2 saturated heterocycles. The first-order valence-corrected chi connectivity index (χ1v) is 8.84. The van der Waals surface area contributed by atoms with Crippen LogP contribution in [0.15, 0.2) is 28.7 Å². The van der Waals surface area contributed by atoms with Crippen LogP contribution in [-0.4, -0.2) is 42.5 Å². The normalized spacial score (nSPS) is 33.3. The molecule has 5 nitrogen and oxygen atoms in total. The number of hydrogen-bond donors (Lipinski definition) is 1. The molecular weight excluding hydrogens is 374 g/mol. The third kappa shape index (κ3) is 3.30. The van der Waals surface area contributed by atoms with Crippen LogP contribution in [0.25, 0.3) is 0 Å². The quantitative estimate of drug-likeness (QED) is 0.790. The average molecular weight is 400 g/mol. The number of hydrogen-bond acceptors (Lipinski definition) is 5. The molecule has 0 amide bonds. The minimum Gasteiger partial charge on any atom is -0.382 e. The monoisotopic (exact) mass is 399 g/mol. The molecule has 1 aromatic carbocycles. The zero-order valence-electron chi connectivity index (χ0n) is 14.9. The summed E-state index contributed by atoms with van der Waals surface area (Å²) in [6, 6.07) is 8.37. The van der Waals surface area contributed by atoms with Gasteiger partial charge in [0.1, 0.15) is 17.4 Å². The average Bonchev–Trinajstić information content (AvgIpc) is 3.16. The van der Waals surface area contributed by atoms with E-state index < -0.39 is 23.0 Å². The predicted molar refractivity (Wildman–Crippen MR) is 95.8 cm³/mol. The summed E-state index contributed by atoms with van der Waals surface area (Å²) in [7, 11) is 1.56. The van der Waals surface area contributed by atoms with Gasteiger partial charge in [0.05, 0.1) is 6.61 Å². The molecule has 0 radical (unpaired) electrons. The van der Waals surface area contributed by atoms with Gasteiger partial charge in [-0.25, -0.2) is 0 Å². The number of Topliss-reactive ketones (excluding diaryl/α,β-unsaturated/α-hetero) is 1. The van der Waals surface area contributed by atoms with Gasteiger partial charge in [-0.2, -0.15) is 0 Å². The van der Waals surface area contributed by atoms with Gasteiger partial charge in [-0.3, -0.25) is 4.79 Å². The third-order valence-corrected chi connectivity index (χ3v) is 5.02. The maximum absolute atomic E-state index is 12.1. The topological polar surface area (TPSA) is 74.1 Å². The van der Waals surface area contributed by atoms with Crippen molar-refractivity contribution in [2.45, 2.75) is 57.1 Å². The second kappa shape index (κ2) is 6.84. The lowest BCUT2D eigenvalue weighted by Gasteiger charge is -2.27. The van der Waals surface area contributed by atoms with E-state index in [2.05, 4.69) is 41.1 Å². The molecule has 2 aliphatic rings. The Kier molecular flexibility index (Phi) is 5.57. The number of epoxide rings is 1. The van der Waals surface area contributed by atoms with Crippen molar-refractivity contribution in [3.8, 4) is 0 Å². The van der Waals surface area contributed by atoms with Gasteiger partial charge in [-0.1, -0.05) is 35.0 Å². The van der Waals surface area contributed by atoms with E-state index in [0.29, 0.717) is 0 Å². The minimum atomic E-state index is -1.01. The van der Waals surface area contributed by atoms with Gasteiger partial charge in [-0.15, -0.1) is 0 Å². The summed E-state index contributed by atoms with van der Waals surface area (Å²) in [5.41, 5.74) is 4.42. The first-order valence-electron chi connectivity index (χ1n) is 8.05. The molecule has 0 saturated carbocycles. The Bertz CT molecular complexity index is 621. The number of carbonyl (C=O) groups is 1. The third-order valence-electron chi connectivity index (χ3n) is 4.52. The van der Waals surface area contributed by atoms with E-state index in [-0.39, 0.29) is 12.4 Å². The smallest absolute Gasteiger partial charge is 0.203 e. The zero-order chi connectivity index (χ0) is 18.2. The lowest BCUT2D eigenvalue weighted by molar-refractivity contribution is -0.137. The van der Waals surface area contributed by atoms with Crippen LogP contribution >= 0.6 is 15.9 Å². The molecule has 6 heteroatoms. The van der Waals surface area contributed by atoms with Crippen LogP contribution < -0.4 is 5.73 Å². The number of halogens is 1. The standard InChI is InChI=1S/C10H17NO4.C8H9Br/c1-8(2)6(12)10(7(11)14-10)9(3,15-8)5-13-4;1-2-7-4-3-5-8(9)6-7/h7H,5,11H2,1-4H3;3-6H,2H2,1H3. The fraction of sp³-hybridized carbons (Fsp3) is 0.611. The molecular formula is C18H26BrNO4. The number of methoxy groups -OCH3 is 1. The molecule has 134 valence electrons. The van der Waals surface area contributed by atoms with Crippen molar-refractivity contribution in [1.82, 2.24) is 0 Å². The van der Waals surface area contributed by atoms with Crippen LogP contribution in [0.5, 0.6) is 0 Å². The fourth-order valence-electron chi connectivity index (χ4n) is 3.32. The first-order chi connectivity index (χ1) is 11.1. The summed E-state index contributed by atoms with van der Waals surface area (Å²) < 4.78 is 17.3. The van der Waals surface area contributed by atoms with E-state index in [1.807, 2.05) is 6.07 Å². The fourth-order valence-corrected chi connectivity index (χ4v) is 3.76. The Hall–Kier alpha value is -0.790. The van der Waals surface area contributed by atoms with Crippen LogP contribution in [0.1, 0.15) is 33.3 Å². The van der Waals surface area contributed by atoms with Gasteiger partial charge < -0.3 is 19.9 Å². The van der Waals surface area contributed by atoms with Crippen LogP contribution in [0.4, 0.5) is 0 Å². The summed E-state index contributed by atoms with van der Waals surface area (Å²) in [5, 5.41) is 0. The molecule has 2 fully saturated rings.